The lowest BCUT2D eigenvalue weighted by Crippen LogP contribution is -2.22. The number of carbonyl (C=O) groups is 1. The first kappa shape index (κ1) is 19.5. The highest BCUT2D eigenvalue weighted by atomic mass is 16.5. The van der Waals surface area contributed by atoms with E-state index in [9.17, 15) is 4.79 Å². The van der Waals surface area contributed by atoms with E-state index in [0.29, 0.717) is 5.92 Å². The third-order valence-electron chi connectivity index (χ3n) is 5.72. The van der Waals surface area contributed by atoms with E-state index >= 15 is 0 Å². The molecular weight excluding hydrogens is 362 g/mol. The molecule has 1 aliphatic rings. The van der Waals surface area contributed by atoms with E-state index in [-0.39, 0.29) is 5.91 Å². The van der Waals surface area contributed by atoms with Crippen LogP contribution in [-0.2, 0) is 24.2 Å². The number of aryl methyl sites for hydroxylation is 1. The third-order valence-corrected chi connectivity index (χ3v) is 5.72. The number of nitrogens with zero attached hydrogens (tertiary/aromatic N) is 3. The lowest BCUT2D eigenvalue weighted by Gasteiger charge is -2.15. The Morgan fingerprint density at radius 1 is 1.24 bits per heavy atom. The van der Waals surface area contributed by atoms with Crippen LogP contribution in [0.5, 0.6) is 5.75 Å². The van der Waals surface area contributed by atoms with E-state index in [1.807, 2.05) is 12.1 Å². The summed E-state index contributed by atoms with van der Waals surface area (Å²) in [5.41, 5.74) is 5.50. The molecule has 3 aromatic rings. The molecule has 0 aliphatic carbocycles. The summed E-state index contributed by atoms with van der Waals surface area (Å²) in [6, 6.07) is 12.6. The smallest absolute Gasteiger partial charge is 0.223 e. The van der Waals surface area contributed by atoms with Crippen LogP contribution < -0.4 is 9.64 Å². The summed E-state index contributed by atoms with van der Waals surface area (Å²) in [4.78, 5) is 18.4. The number of amides is 1. The molecule has 4 rings (SSSR count). The van der Waals surface area contributed by atoms with Gasteiger partial charge in [0.05, 0.1) is 17.6 Å². The number of hydrogen-bond donors (Lipinski definition) is 0. The summed E-state index contributed by atoms with van der Waals surface area (Å²) in [6.45, 7) is 7.80. The Labute approximate surface area is 172 Å². The van der Waals surface area contributed by atoms with Crippen molar-refractivity contribution in [3.63, 3.8) is 0 Å². The van der Waals surface area contributed by atoms with Crippen LogP contribution in [-0.4, -0.2) is 29.1 Å². The van der Waals surface area contributed by atoms with E-state index < -0.39 is 0 Å². The second-order valence-electron chi connectivity index (χ2n) is 8.33. The molecule has 0 spiro atoms. The maximum Gasteiger partial charge on any atom is 0.223 e. The summed E-state index contributed by atoms with van der Waals surface area (Å²) in [7, 11) is 1.80. The van der Waals surface area contributed by atoms with Crippen molar-refractivity contribution >= 4 is 22.6 Å². The summed E-state index contributed by atoms with van der Waals surface area (Å²) in [6.07, 6.45) is 2.87. The molecule has 0 saturated carbocycles. The van der Waals surface area contributed by atoms with Crippen molar-refractivity contribution in [3.8, 4) is 5.75 Å². The average Bonchev–Trinajstić information content (AvgIpc) is 3.28. The van der Waals surface area contributed by atoms with E-state index in [1.54, 1.807) is 18.9 Å². The van der Waals surface area contributed by atoms with E-state index in [0.717, 1.165) is 60.7 Å². The van der Waals surface area contributed by atoms with Crippen LogP contribution in [0.2, 0.25) is 0 Å². The van der Waals surface area contributed by atoms with Gasteiger partial charge in [-0.05, 0) is 47.7 Å². The van der Waals surface area contributed by atoms with Gasteiger partial charge in [0.15, 0.2) is 0 Å². The molecule has 0 N–H and O–H groups in total. The highest BCUT2D eigenvalue weighted by Crippen LogP contribution is 2.28. The van der Waals surface area contributed by atoms with Gasteiger partial charge in [0, 0.05) is 39.0 Å². The van der Waals surface area contributed by atoms with Crippen LogP contribution in [0.25, 0.3) is 11.0 Å². The fourth-order valence-corrected chi connectivity index (χ4v) is 3.86. The Balaban J connectivity index is 1.72. The van der Waals surface area contributed by atoms with E-state index in [2.05, 4.69) is 42.7 Å². The fourth-order valence-electron chi connectivity index (χ4n) is 3.86. The number of carbonyl (C=O) groups excluding carboxylic acids is 1. The minimum Gasteiger partial charge on any atom is -0.493 e. The molecule has 0 atom stereocenters. The maximum absolute atomic E-state index is 11.8. The van der Waals surface area contributed by atoms with Gasteiger partial charge in [-0.15, -0.1) is 0 Å². The molecule has 0 fully saturated rings. The molecule has 5 heteroatoms. The minimum absolute atomic E-state index is 0.0178. The Bertz CT molecular complexity index is 1050. The number of anilines is 1. The van der Waals surface area contributed by atoms with Crippen LogP contribution in [0, 0.1) is 5.92 Å². The SMILES string of the molecule is CC(=O)N(C)c1ccc2c(c1)nc(Cc1ccc3c(c1)CCO3)n2CCC(C)C. The molecule has 2 aromatic carbocycles. The van der Waals surface area contributed by atoms with Crippen molar-refractivity contribution in [2.75, 3.05) is 18.6 Å². The monoisotopic (exact) mass is 391 g/mol. The number of hydrogen-bond acceptors (Lipinski definition) is 3. The Hall–Kier alpha value is -2.82. The zero-order valence-corrected chi connectivity index (χ0v) is 17.7. The van der Waals surface area contributed by atoms with Crippen molar-refractivity contribution in [2.45, 2.75) is 46.6 Å². The number of aromatic nitrogens is 2. The van der Waals surface area contributed by atoms with Crippen molar-refractivity contribution < 1.29 is 9.53 Å². The van der Waals surface area contributed by atoms with Crippen molar-refractivity contribution in [1.82, 2.24) is 9.55 Å². The fraction of sp³-hybridized carbons (Fsp3) is 0.417. The first-order chi connectivity index (χ1) is 13.9. The molecule has 152 valence electrons. The first-order valence-electron chi connectivity index (χ1n) is 10.4. The molecule has 1 aliphatic heterocycles. The van der Waals surface area contributed by atoms with E-state index in [4.69, 9.17) is 9.72 Å². The number of fused-ring (bicyclic) bond motifs is 2. The van der Waals surface area contributed by atoms with Crippen LogP contribution in [0.15, 0.2) is 36.4 Å². The molecule has 0 radical (unpaired) electrons. The molecule has 1 amide bonds. The summed E-state index contributed by atoms with van der Waals surface area (Å²) in [5.74, 6) is 2.73. The molecule has 0 unspecified atom stereocenters. The average molecular weight is 392 g/mol. The van der Waals surface area contributed by atoms with E-state index in [1.165, 1.54) is 11.1 Å². The zero-order valence-electron chi connectivity index (χ0n) is 17.7. The zero-order chi connectivity index (χ0) is 20.5. The van der Waals surface area contributed by atoms with Crippen LogP contribution >= 0.6 is 0 Å². The van der Waals surface area contributed by atoms with Gasteiger partial charge in [-0.3, -0.25) is 4.79 Å². The van der Waals surface area contributed by atoms with Crippen molar-refractivity contribution in [3.05, 3.63) is 53.3 Å². The topological polar surface area (TPSA) is 47.4 Å². The summed E-state index contributed by atoms with van der Waals surface area (Å²) in [5, 5.41) is 0. The summed E-state index contributed by atoms with van der Waals surface area (Å²) >= 11 is 0. The van der Waals surface area contributed by atoms with Gasteiger partial charge in [-0.1, -0.05) is 26.0 Å². The number of ether oxygens (including phenoxy) is 1. The maximum atomic E-state index is 11.8. The lowest BCUT2D eigenvalue weighted by atomic mass is 10.1. The minimum atomic E-state index is 0.0178. The molecular formula is C24H29N3O2. The van der Waals surface area contributed by atoms with Gasteiger partial charge < -0.3 is 14.2 Å². The molecule has 0 saturated heterocycles. The molecule has 2 heterocycles. The van der Waals surface area contributed by atoms with Crippen LogP contribution in [0.1, 0.15) is 44.1 Å². The number of imidazole rings is 1. The van der Waals surface area contributed by atoms with Gasteiger partial charge >= 0.3 is 0 Å². The normalized spacial score (nSPS) is 13.0. The summed E-state index contributed by atoms with van der Waals surface area (Å²) < 4.78 is 7.99. The largest absolute Gasteiger partial charge is 0.493 e. The first-order valence-corrected chi connectivity index (χ1v) is 10.4. The second-order valence-corrected chi connectivity index (χ2v) is 8.33. The highest BCUT2D eigenvalue weighted by Gasteiger charge is 2.16. The molecule has 0 bridgehead atoms. The highest BCUT2D eigenvalue weighted by molar-refractivity contribution is 5.93. The molecule has 1 aromatic heterocycles. The Morgan fingerprint density at radius 2 is 2.07 bits per heavy atom. The number of benzene rings is 2. The van der Waals surface area contributed by atoms with Crippen molar-refractivity contribution in [1.29, 1.82) is 0 Å². The van der Waals surface area contributed by atoms with Crippen molar-refractivity contribution in [2.24, 2.45) is 5.92 Å². The molecule has 29 heavy (non-hydrogen) atoms. The standard InChI is InChI=1S/C24H29N3O2/c1-16(2)9-11-27-22-7-6-20(26(4)17(3)28)15-21(22)25-24(27)14-18-5-8-23-19(13-18)10-12-29-23/h5-8,13,15-16H,9-12,14H2,1-4H3. The van der Waals surface area contributed by atoms with Gasteiger partial charge in [0.2, 0.25) is 5.91 Å². The third kappa shape index (κ3) is 4.00. The van der Waals surface area contributed by atoms with Crippen LogP contribution in [0.4, 0.5) is 5.69 Å². The predicted octanol–water partition coefficient (Wildman–Crippen LogP) is 4.59. The van der Waals surface area contributed by atoms with Gasteiger partial charge in [-0.2, -0.15) is 0 Å². The van der Waals surface area contributed by atoms with Gasteiger partial charge in [0.25, 0.3) is 0 Å². The quantitative estimate of drug-likeness (QED) is 0.617. The predicted molar refractivity (Wildman–Crippen MR) is 117 cm³/mol. The van der Waals surface area contributed by atoms with Gasteiger partial charge in [0.1, 0.15) is 11.6 Å². The Kier molecular flexibility index (Phi) is 5.31. The van der Waals surface area contributed by atoms with Crippen LogP contribution in [0.3, 0.4) is 0 Å². The number of rotatable bonds is 6. The second kappa shape index (κ2) is 7.90. The lowest BCUT2D eigenvalue weighted by molar-refractivity contribution is -0.116. The molecule has 5 nitrogen and oxygen atoms in total. The van der Waals surface area contributed by atoms with Gasteiger partial charge in [-0.25, -0.2) is 4.98 Å². The Morgan fingerprint density at radius 3 is 2.83 bits per heavy atom.